The average Bonchev–Trinajstić information content (AvgIpc) is 2.66. The fraction of sp³-hybridized carbons (Fsp3) is 0.474. The van der Waals surface area contributed by atoms with Crippen LogP contribution in [0.1, 0.15) is 30.0 Å². The number of likely N-dealkylation sites (tertiary alicyclic amines) is 1. The maximum atomic E-state index is 13.1. The van der Waals surface area contributed by atoms with Crippen molar-refractivity contribution in [3.05, 3.63) is 47.9 Å². The summed E-state index contributed by atoms with van der Waals surface area (Å²) in [5.74, 6) is 0.152. The smallest absolute Gasteiger partial charge is 0.383 e. The van der Waals surface area contributed by atoms with Crippen LogP contribution in [0, 0.1) is 0 Å². The van der Waals surface area contributed by atoms with Gasteiger partial charge >= 0.3 is 6.18 Å². The van der Waals surface area contributed by atoms with E-state index in [-0.39, 0.29) is 5.92 Å². The van der Waals surface area contributed by atoms with Crippen molar-refractivity contribution in [1.82, 2.24) is 14.9 Å². The number of halogens is 3. The van der Waals surface area contributed by atoms with Gasteiger partial charge in [-0.1, -0.05) is 12.1 Å². The molecule has 1 aromatic carbocycles. The largest absolute Gasteiger partial charge is 0.416 e. The Balaban J connectivity index is 1.89. The first-order valence-electron chi connectivity index (χ1n) is 8.69. The van der Waals surface area contributed by atoms with Gasteiger partial charge in [0, 0.05) is 44.1 Å². The second-order valence-electron chi connectivity index (χ2n) is 6.50. The number of benzene rings is 1. The molecule has 0 radical (unpaired) electrons. The molecule has 2 aromatic rings. The zero-order valence-corrected chi connectivity index (χ0v) is 14.7. The van der Waals surface area contributed by atoms with Crippen LogP contribution in [0.4, 0.5) is 13.2 Å². The molecule has 1 aromatic heterocycles. The van der Waals surface area contributed by atoms with Crippen LogP contribution < -0.4 is 0 Å². The number of methoxy groups -OCH3 is 1. The number of hydrogen-bond acceptors (Lipinski definition) is 4. The molecular formula is C19H22F3N3O. The van der Waals surface area contributed by atoms with Crippen molar-refractivity contribution >= 4 is 0 Å². The molecule has 0 amide bonds. The van der Waals surface area contributed by atoms with E-state index in [1.165, 1.54) is 12.3 Å². The van der Waals surface area contributed by atoms with Crippen molar-refractivity contribution in [2.24, 2.45) is 0 Å². The van der Waals surface area contributed by atoms with Crippen molar-refractivity contribution in [3.8, 4) is 11.3 Å². The van der Waals surface area contributed by atoms with Crippen LogP contribution in [-0.2, 0) is 10.9 Å². The highest BCUT2D eigenvalue weighted by Gasteiger charge is 2.31. The molecule has 26 heavy (non-hydrogen) atoms. The van der Waals surface area contributed by atoms with Gasteiger partial charge in [0.05, 0.1) is 23.6 Å². The number of piperidine rings is 1. The lowest BCUT2D eigenvalue weighted by Crippen LogP contribution is -2.37. The fourth-order valence-electron chi connectivity index (χ4n) is 3.41. The lowest BCUT2D eigenvalue weighted by Gasteiger charge is -2.32. The van der Waals surface area contributed by atoms with Gasteiger partial charge in [-0.25, -0.2) is 0 Å². The molecule has 1 atom stereocenters. The molecule has 1 aliphatic heterocycles. The average molecular weight is 365 g/mol. The molecule has 3 rings (SSSR count). The molecule has 1 aliphatic rings. The van der Waals surface area contributed by atoms with Crippen LogP contribution in [0.25, 0.3) is 11.3 Å². The number of ether oxygens (including phenoxy) is 1. The van der Waals surface area contributed by atoms with Gasteiger partial charge in [-0.05, 0) is 31.5 Å². The van der Waals surface area contributed by atoms with E-state index in [1.54, 1.807) is 19.4 Å². The number of aromatic nitrogens is 2. The number of alkyl halides is 3. The Kier molecular flexibility index (Phi) is 5.88. The Hall–Kier alpha value is -1.99. The summed E-state index contributed by atoms with van der Waals surface area (Å²) in [7, 11) is 1.68. The molecule has 1 saturated heterocycles. The van der Waals surface area contributed by atoms with Gasteiger partial charge in [0.1, 0.15) is 0 Å². The van der Waals surface area contributed by atoms with Gasteiger partial charge in [-0.2, -0.15) is 13.2 Å². The molecule has 0 spiro atoms. The summed E-state index contributed by atoms with van der Waals surface area (Å²) >= 11 is 0. The molecule has 0 aliphatic carbocycles. The second-order valence-corrected chi connectivity index (χ2v) is 6.50. The van der Waals surface area contributed by atoms with Crippen LogP contribution in [0.15, 0.2) is 36.7 Å². The van der Waals surface area contributed by atoms with E-state index in [2.05, 4.69) is 14.9 Å². The third kappa shape index (κ3) is 4.40. The van der Waals surface area contributed by atoms with E-state index in [0.717, 1.165) is 50.3 Å². The molecular weight excluding hydrogens is 343 g/mol. The Bertz CT molecular complexity index is 736. The zero-order valence-electron chi connectivity index (χ0n) is 14.7. The van der Waals surface area contributed by atoms with Gasteiger partial charge < -0.3 is 9.64 Å². The van der Waals surface area contributed by atoms with E-state index in [0.29, 0.717) is 17.9 Å². The van der Waals surface area contributed by atoms with E-state index in [9.17, 15) is 13.2 Å². The molecule has 0 saturated carbocycles. The van der Waals surface area contributed by atoms with Crippen molar-refractivity contribution in [2.45, 2.75) is 24.9 Å². The molecule has 4 nitrogen and oxygen atoms in total. The van der Waals surface area contributed by atoms with Crippen molar-refractivity contribution < 1.29 is 17.9 Å². The Morgan fingerprint density at radius 3 is 2.81 bits per heavy atom. The first kappa shape index (κ1) is 18.8. The van der Waals surface area contributed by atoms with Crippen molar-refractivity contribution in [2.75, 3.05) is 33.4 Å². The lowest BCUT2D eigenvalue weighted by atomic mass is 9.91. The summed E-state index contributed by atoms with van der Waals surface area (Å²) in [6, 6.07) is 5.31. The lowest BCUT2D eigenvalue weighted by molar-refractivity contribution is -0.137. The third-order valence-corrected chi connectivity index (χ3v) is 4.69. The minimum Gasteiger partial charge on any atom is -0.383 e. The summed E-state index contributed by atoms with van der Waals surface area (Å²) in [6.07, 6.45) is 0.743. The first-order chi connectivity index (χ1) is 12.5. The maximum absolute atomic E-state index is 13.1. The van der Waals surface area contributed by atoms with Gasteiger partial charge in [0.15, 0.2) is 0 Å². The van der Waals surface area contributed by atoms with Crippen molar-refractivity contribution in [1.29, 1.82) is 0 Å². The van der Waals surface area contributed by atoms with E-state index in [4.69, 9.17) is 4.74 Å². The van der Waals surface area contributed by atoms with Crippen LogP contribution >= 0.6 is 0 Å². The monoisotopic (exact) mass is 365 g/mol. The molecule has 0 unspecified atom stereocenters. The topological polar surface area (TPSA) is 38.2 Å². The molecule has 140 valence electrons. The summed E-state index contributed by atoms with van der Waals surface area (Å²) in [5, 5.41) is 0. The molecule has 0 bridgehead atoms. The van der Waals surface area contributed by atoms with Gasteiger partial charge in [0.2, 0.25) is 0 Å². The van der Waals surface area contributed by atoms with E-state index >= 15 is 0 Å². The van der Waals surface area contributed by atoms with Crippen LogP contribution in [0.5, 0.6) is 0 Å². The highest BCUT2D eigenvalue weighted by Crippen LogP contribution is 2.35. The Labute approximate surface area is 151 Å². The van der Waals surface area contributed by atoms with E-state index in [1.807, 2.05) is 0 Å². The highest BCUT2D eigenvalue weighted by molar-refractivity contribution is 5.63. The molecule has 1 fully saturated rings. The quantitative estimate of drug-likeness (QED) is 0.803. The van der Waals surface area contributed by atoms with Crippen LogP contribution in [0.3, 0.4) is 0 Å². The van der Waals surface area contributed by atoms with E-state index < -0.39 is 11.7 Å². The number of rotatable bonds is 5. The normalized spacial score (nSPS) is 18.8. The summed E-state index contributed by atoms with van der Waals surface area (Å²) in [5.41, 5.74) is 1.10. The Morgan fingerprint density at radius 1 is 1.23 bits per heavy atom. The van der Waals surface area contributed by atoms with Crippen molar-refractivity contribution in [3.63, 3.8) is 0 Å². The molecule has 0 N–H and O–H groups in total. The standard InChI is InChI=1S/C19H22F3N3O/c1-26-11-10-25-9-3-5-15(13-25)18-17(23-7-8-24-18)14-4-2-6-16(12-14)19(20,21)22/h2,4,6-8,12,15H,3,5,9-11,13H2,1H3/t15-/m1/s1. The minimum absolute atomic E-state index is 0.152. The predicted octanol–water partition coefficient (Wildman–Crippen LogP) is 3.99. The first-order valence-corrected chi connectivity index (χ1v) is 8.69. The number of nitrogens with zero attached hydrogens (tertiary/aromatic N) is 3. The summed E-state index contributed by atoms with van der Waals surface area (Å²) in [4.78, 5) is 11.2. The number of hydrogen-bond donors (Lipinski definition) is 0. The predicted molar refractivity (Wildman–Crippen MR) is 92.8 cm³/mol. The Morgan fingerprint density at radius 2 is 2.04 bits per heavy atom. The van der Waals surface area contributed by atoms with Crippen LogP contribution in [-0.4, -0.2) is 48.2 Å². The summed E-state index contributed by atoms with van der Waals surface area (Å²) < 4.78 is 44.3. The van der Waals surface area contributed by atoms with Gasteiger partial charge in [-0.15, -0.1) is 0 Å². The second kappa shape index (κ2) is 8.14. The summed E-state index contributed by atoms with van der Waals surface area (Å²) in [6.45, 7) is 3.31. The SMILES string of the molecule is COCCN1CCC[C@@H](c2nccnc2-c2cccc(C(F)(F)F)c2)C1. The van der Waals surface area contributed by atoms with Crippen LogP contribution in [0.2, 0.25) is 0 Å². The van der Waals surface area contributed by atoms with Gasteiger partial charge in [-0.3, -0.25) is 9.97 Å². The molecule has 2 heterocycles. The zero-order chi connectivity index (χ0) is 18.6. The fourth-order valence-corrected chi connectivity index (χ4v) is 3.41. The minimum atomic E-state index is -4.37. The third-order valence-electron chi connectivity index (χ3n) is 4.69. The van der Waals surface area contributed by atoms with Gasteiger partial charge in [0.25, 0.3) is 0 Å². The maximum Gasteiger partial charge on any atom is 0.416 e. The molecule has 7 heteroatoms. The highest BCUT2D eigenvalue weighted by atomic mass is 19.4.